The Balaban J connectivity index is 4.95. The van der Waals surface area contributed by atoms with Gasteiger partial charge in [-0.1, -0.05) is 0 Å². The van der Waals surface area contributed by atoms with Gasteiger partial charge in [-0.3, -0.25) is 9.59 Å². The van der Waals surface area contributed by atoms with Crippen LogP contribution in [0.1, 0.15) is 41.5 Å². The molecule has 0 aromatic carbocycles. The van der Waals surface area contributed by atoms with Crippen molar-refractivity contribution < 1.29 is 23.9 Å². The summed E-state index contributed by atoms with van der Waals surface area (Å²) in [5.74, 6) is -1.11. The molecule has 0 saturated heterocycles. The van der Waals surface area contributed by atoms with Gasteiger partial charge in [0.2, 0.25) is 0 Å². The third-order valence-corrected chi connectivity index (χ3v) is 2.54. The van der Waals surface area contributed by atoms with E-state index in [9.17, 15) is 9.59 Å². The fraction of sp³-hybridized carbons (Fsp3) is 0.818. The maximum Gasteiger partial charge on any atom is 0.347 e. The Kier molecular flexibility index (Phi) is 6.51. The first-order chi connectivity index (χ1) is 8.07. The number of rotatable bonds is 6. The summed E-state index contributed by atoms with van der Waals surface area (Å²) < 4.78 is 9.99. The Bertz CT molecular complexity index is 282. The van der Waals surface area contributed by atoms with Crippen LogP contribution in [-0.4, -0.2) is 44.9 Å². The van der Waals surface area contributed by atoms with Crippen LogP contribution in [0.4, 0.5) is 0 Å². The Morgan fingerprint density at radius 1 is 1.00 bits per heavy atom. The van der Waals surface area contributed by atoms with Gasteiger partial charge in [0.15, 0.2) is 10.2 Å². The van der Waals surface area contributed by atoms with Crippen LogP contribution in [0, 0.1) is 0 Å². The van der Waals surface area contributed by atoms with Crippen molar-refractivity contribution in [3.63, 3.8) is 0 Å². The molecule has 0 fully saturated rings. The van der Waals surface area contributed by atoms with Gasteiger partial charge in [-0.15, -0.1) is 0 Å². The van der Waals surface area contributed by atoms with Gasteiger partial charge in [0.25, 0.3) is 0 Å². The van der Waals surface area contributed by atoms with Gasteiger partial charge in [-0.05, 0) is 27.7 Å². The Morgan fingerprint density at radius 2 is 1.33 bits per heavy atom. The third-order valence-electron chi connectivity index (χ3n) is 1.95. The molecule has 0 heterocycles. The molecule has 0 aliphatic rings. The topological polar surface area (TPSA) is 65.1 Å². The normalized spacial score (nSPS) is 12.3. The van der Waals surface area contributed by atoms with Crippen molar-refractivity contribution in [1.82, 2.24) is 5.06 Å². The minimum Gasteiger partial charge on any atom is -0.402 e. The van der Waals surface area contributed by atoms with Crippen LogP contribution in [0.3, 0.4) is 0 Å². The van der Waals surface area contributed by atoms with Gasteiger partial charge in [0.05, 0.1) is 0 Å². The second kappa shape index (κ2) is 6.86. The molecule has 0 amide bonds. The molecule has 0 aliphatic carbocycles. The van der Waals surface area contributed by atoms with Crippen LogP contribution in [0.15, 0.2) is 0 Å². The molecular weight excluding hydrogens is 254 g/mol. The van der Waals surface area contributed by atoms with E-state index in [0.29, 0.717) is 0 Å². The van der Waals surface area contributed by atoms with Crippen LogP contribution < -0.4 is 0 Å². The first kappa shape index (κ1) is 17.1. The highest BCUT2D eigenvalue weighted by atomic mass is 28.1. The number of carbonyl (C=O) groups excluding carboxylic acids is 2. The highest BCUT2D eigenvalue weighted by molar-refractivity contribution is 6.13. The lowest BCUT2D eigenvalue weighted by Crippen LogP contribution is -2.51. The van der Waals surface area contributed by atoms with Crippen LogP contribution in [0.25, 0.3) is 0 Å². The molecule has 7 heteroatoms. The molecule has 0 spiro atoms. The van der Waals surface area contributed by atoms with E-state index >= 15 is 0 Å². The molecule has 0 rings (SSSR count). The number of hydrogen-bond acceptors (Lipinski definition) is 6. The van der Waals surface area contributed by atoms with E-state index in [0.717, 1.165) is 0 Å². The second-order valence-corrected chi connectivity index (χ2v) is 5.91. The summed E-state index contributed by atoms with van der Waals surface area (Å²) in [5.41, 5.74) is -1.60. The minimum absolute atomic E-state index is 0.0597. The zero-order chi connectivity index (χ0) is 14.5. The highest BCUT2D eigenvalue weighted by Crippen LogP contribution is 2.18. The number of carbonyl (C=O) groups is 2. The maximum atomic E-state index is 11.1. The average molecular weight is 277 g/mol. The van der Waals surface area contributed by atoms with E-state index in [1.165, 1.54) is 13.8 Å². The average Bonchev–Trinajstić information content (AvgIpc) is 2.10. The van der Waals surface area contributed by atoms with Crippen LogP contribution in [-0.2, 0) is 23.9 Å². The number of ether oxygens (including phenoxy) is 2. The highest BCUT2D eigenvalue weighted by Gasteiger charge is 2.36. The molecule has 0 bridgehead atoms. The SMILES string of the molecule is CC(=O)OC([SiH3])(OC(C)=O)ON(C(C)C)C(C)C. The van der Waals surface area contributed by atoms with E-state index in [-0.39, 0.29) is 22.3 Å². The maximum absolute atomic E-state index is 11.1. The van der Waals surface area contributed by atoms with Crippen molar-refractivity contribution in [2.24, 2.45) is 0 Å². The predicted molar refractivity (Wildman–Crippen MR) is 69.4 cm³/mol. The van der Waals surface area contributed by atoms with Crippen LogP contribution in [0.2, 0.25) is 0 Å². The molecule has 0 N–H and O–H groups in total. The molecule has 6 nitrogen and oxygen atoms in total. The molecule has 0 atom stereocenters. The summed E-state index contributed by atoms with van der Waals surface area (Å²) in [6, 6.07) is 0.119. The largest absolute Gasteiger partial charge is 0.402 e. The van der Waals surface area contributed by atoms with E-state index < -0.39 is 17.5 Å². The number of hydroxylamine groups is 2. The number of esters is 2. The second-order valence-electron chi connectivity index (χ2n) is 4.69. The number of hydrogen-bond donors (Lipinski definition) is 0. The molecule has 0 radical (unpaired) electrons. The lowest BCUT2D eigenvalue weighted by Gasteiger charge is -2.37. The molecule has 0 unspecified atom stereocenters. The summed E-state index contributed by atoms with van der Waals surface area (Å²) in [6.07, 6.45) is 0. The fourth-order valence-corrected chi connectivity index (χ4v) is 2.36. The first-order valence-electron chi connectivity index (χ1n) is 5.94. The Morgan fingerprint density at radius 3 is 1.56 bits per heavy atom. The van der Waals surface area contributed by atoms with Crippen molar-refractivity contribution in [2.75, 3.05) is 0 Å². The smallest absolute Gasteiger partial charge is 0.347 e. The van der Waals surface area contributed by atoms with Gasteiger partial charge in [0, 0.05) is 25.9 Å². The fourth-order valence-electron chi connectivity index (χ4n) is 1.58. The Hall–Kier alpha value is -0.923. The molecule has 0 aromatic heterocycles. The van der Waals surface area contributed by atoms with E-state index in [2.05, 4.69) is 0 Å². The molecule has 0 aliphatic heterocycles. The minimum atomic E-state index is -1.60. The summed E-state index contributed by atoms with van der Waals surface area (Å²) in [4.78, 5) is 27.7. The van der Waals surface area contributed by atoms with Crippen LogP contribution >= 0.6 is 0 Å². The van der Waals surface area contributed by atoms with E-state index in [4.69, 9.17) is 14.3 Å². The summed E-state index contributed by atoms with van der Waals surface area (Å²) in [5, 5.41) is 1.64. The summed E-state index contributed by atoms with van der Waals surface area (Å²) >= 11 is 0. The van der Waals surface area contributed by atoms with Gasteiger partial charge in [-0.25, -0.2) is 4.84 Å². The van der Waals surface area contributed by atoms with Gasteiger partial charge in [-0.2, -0.15) is 5.06 Å². The zero-order valence-corrected chi connectivity index (χ0v) is 14.1. The van der Waals surface area contributed by atoms with Crippen molar-refractivity contribution in [3.8, 4) is 0 Å². The standard InChI is InChI=1S/C11H23NO5Si/c1-7(2)12(8(3)4)17-11(18,15-9(5)13)16-10(6)14/h7-8H,1-6,18H3. The van der Waals surface area contributed by atoms with Crippen molar-refractivity contribution in [1.29, 1.82) is 0 Å². The monoisotopic (exact) mass is 277 g/mol. The molecule has 0 saturated carbocycles. The summed E-state index contributed by atoms with van der Waals surface area (Å²) in [7, 11) is 0.204. The molecular formula is C11H23NO5Si. The Labute approximate surface area is 111 Å². The first-order valence-corrected chi connectivity index (χ1v) is 6.94. The number of nitrogens with zero attached hydrogens (tertiary/aromatic N) is 1. The molecule has 0 aromatic rings. The van der Waals surface area contributed by atoms with Gasteiger partial charge in [0.1, 0.15) is 0 Å². The van der Waals surface area contributed by atoms with Gasteiger partial charge < -0.3 is 9.47 Å². The van der Waals surface area contributed by atoms with Gasteiger partial charge >= 0.3 is 17.5 Å². The van der Waals surface area contributed by atoms with Crippen molar-refractivity contribution >= 4 is 22.2 Å². The predicted octanol–water partition coefficient (Wildman–Crippen LogP) is 0.140. The zero-order valence-electron chi connectivity index (χ0n) is 12.1. The third kappa shape index (κ3) is 6.13. The molecule has 18 heavy (non-hydrogen) atoms. The lowest BCUT2D eigenvalue weighted by atomic mass is 10.3. The summed E-state index contributed by atoms with van der Waals surface area (Å²) in [6.45, 7) is 10.2. The van der Waals surface area contributed by atoms with E-state index in [1.54, 1.807) is 5.06 Å². The van der Waals surface area contributed by atoms with Crippen LogP contribution in [0.5, 0.6) is 0 Å². The lowest BCUT2D eigenvalue weighted by molar-refractivity contribution is -0.389. The van der Waals surface area contributed by atoms with Crippen molar-refractivity contribution in [3.05, 3.63) is 0 Å². The quantitative estimate of drug-likeness (QED) is 0.298. The van der Waals surface area contributed by atoms with Crippen molar-refractivity contribution in [2.45, 2.75) is 59.2 Å². The molecule has 106 valence electrons. The van der Waals surface area contributed by atoms with E-state index in [1.807, 2.05) is 27.7 Å².